The van der Waals surface area contributed by atoms with E-state index in [-0.39, 0.29) is 0 Å². The zero-order valence-corrected chi connectivity index (χ0v) is 14.7. The molecule has 2 saturated heterocycles. The molecule has 2 aliphatic rings. The molecule has 0 N–H and O–H groups in total. The molecule has 132 valence electrons. The molecule has 0 aliphatic carbocycles. The molecular weight excluding hydrogens is 312 g/mol. The lowest BCUT2D eigenvalue weighted by molar-refractivity contribution is -0.132. The maximum atomic E-state index is 12.6. The number of likely N-dealkylation sites (tertiary alicyclic amines) is 1. The van der Waals surface area contributed by atoms with Crippen molar-refractivity contribution < 1.29 is 9.53 Å². The van der Waals surface area contributed by atoms with Gasteiger partial charge in [-0.15, -0.1) is 0 Å². The van der Waals surface area contributed by atoms with E-state index in [1.54, 1.807) is 0 Å². The Kier molecular flexibility index (Phi) is 4.97. The van der Waals surface area contributed by atoms with Crippen molar-refractivity contribution in [2.45, 2.75) is 32.1 Å². The van der Waals surface area contributed by atoms with Crippen molar-refractivity contribution >= 4 is 16.8 Å². The zero-order chi connectivity index (χ0) is 17.1. The Hall–Kier alpha value is -1.94. The highest BCUT2D eigenvalue weighted by Crippen LogP contribution is 2.27. The summed E-state index contributed by atoms with van der Waals surface area (Å²) in [4.78, 5) is 19.1. The third-order valence-electron chi connectivity index (χ3n) is 5.69. The van der Waals surface area contributed by atoms with Gasteiger partial charge in [0.15, 0.2) is 0 Å². The SMILES string of the molecule is O=C(CC1CCOCC1)N1CCC(Cc2ccnc3ccccc23)C1. The Labute approximate surface area is 149 Å². The van der Waals surface area contributed by atoms with Crippen molar-refractivity contribution in [3.8, 4) is 0 Å². The average molecular weight is 338 g/mol. The van der Waals surface area contributed by atoms with E-state index in [0.717, 1.165) is 57.5 Å². The molecule has 4 nitrogen and oxygen atoms in total. The van der Waals surface area contributed by atoms with Crippen LogP contribution in [-0.4, -0.2) is 42.1 Å². The Morgan fingerprint density at radius 3 is 2.84 bits per heavy atom. The summed E-state index contributed by atoms with van der Waals surface area (Å²) in [6.45, 7) is 3.44. The fourth-order valence-electron chi connectivity index (χ4n) is 4.20. The monoisotopic (exact) mass is 338 g/mol. The van der Waals surface area contributed by atoms with Gasteiger partial charge in [0.05, 0.1) is 5.52 Å². The highest BCUT2D eigenvalue weighted by atomic mass is 16.5. The molecule has 4 rings (SSSR count). The van der Waals surface area contributed by atoms with Crippen LogP contribution in [0.1, 0.15) is 31.2 Å². The maximum absolute atomic E-state index is 12.6. The lowest BCUT2D eigenvalue weighted by Crippen LogP contribution is -2.31. The third-order valence-corrected chi connectivity index (χ3v) is 5.69. The predicted octanol–water partition coefficient (Wildman–Crippen LogP) is 3.44. The van der Waals surface area contributed by atoms with E-state index in [2.05, 4.69) is 34.1 Å². The largest absolute Gasteiger partial charge is 0.381 e. The normalized spacial score (nSPS) is 21.8. The van der Waals surface area contributed by atoms with E-state index in [4.69, 9.17) is 4.74 Å². The second-order valence-corrected chi connectivity index (χ2v) is 7.45. The van der Waals surface area contributed by atoms with Crippen molar-refractivity contribution in [2.75, 3.05) is 26.3 Å². The summed E-state index contributed by atoms with van der Waals surface area (Å²) in [6, 6.07) is 10.5. The molecule has 0 saturated carbocycles. The van der Waals surface area contributed by atoms with Crippen LogP contribution in [0.4, 0.5) is 0 Å². The highest BCUT2D eigenvalue weighted by Gasteiger charge is 2.28. The van der Waals surface area contributed by atoms with Gasteiger partial charge in [0.1, 0.15) is 0 Å². The number of benzene rings is 1. The molecule has 2 fully saturated rings. The molecule has 0 bridgehead atoms. The molecule has 1 aromatic heterocycles. The standard InChI is InChI=1S/C21H26N2O2/c24-21(14-16-7-11-25-12-8-16)23-10-6-17(15-23)13-18-5-9-22-20-4-2-1-3-19(18)20/h1-5,9,16-17H,6-8,10-15H2. The van der Waals surface area contributed by atoms with Crippen molar-refractivity contribution in [1.29, 1.82) is 0 Å². The Balaban J connectivity index is 1.36. The van der Waals surface area contributed by atoms with Gasteiger partial charge in [-0.1, -0.05) is 18.2 Å². The fourth-order valence-corrected chi connectivity index (χ4v) is 4.20. The number of carbonyl (C=O) groups excluding carboxylic acids is 1. The zero-order valence-electron chi connectivity index (χ0n) is 14.7. The number of amides is 1. The lowest BCUT2D eigenvalue weighted by atomic mass is 9.95. The quantitative estimate of drug-likeness (QED) is 0.857. The number of pyridine rings is 1. The number of nitrogens with zero attached hydrogens (tertiary/aromatic N) is 2. The number of carbonyl (C=O) groups is 1. The number of hydrogen-bond acceptors (Lipinski definition) is 3. The topological polar surface area (TPSA) is 42.4 Å². The summed E-state index contributed by atoms with van der Waals surface area (Å²) < 4.78 is 5.40. The van der Waals surface area contributed by atoms with Crippen LogP contribution in [0.25, 0.3) is 10.9 Å². The molecule has 1 unspecified atom stereocenters. The molecule has 0 radical (unpaired) electrons. The molecule has 4 heteroatoms. The van der Waals surface area contributed by atoms with E-state index in [0.29, 0.717) is 24.2 Å². The first-order chi connectivity index (χ1) is 12.3. The van der Waals surface area contributed by atoms with Crippen molar-refractivity contribution in [2.24, 2.45) is 11.8 Å². The lowest BCUT2D eigenvalue weighted by Gasteiger charge is -2.24. The van der Waals surface area contributed by atoms with Crippen LogP contribution in [0.3, 0.4) is 0 Å². The Morgan fingerprint density at radius 2 is 1.96 bits per heavy atom. The van der Waals surface area contributed by atoms with Crippen LogP contribution in [0.2, 0.25) is 0 Å². The molecule has 1 amide bonds. The van der Waals surface area contributed by atoms with E-state index < -0.39 is 0 Å². The molecule has 1 aromatic carbocycles. The fraction of sp³-hybridized carbons (Fsp3) is 0.524. The van der Waals surface area contributed by atoms with Crippen molar-refractivity contribution in [3.63, 3.8) is 0 Å². The van der Waals surface area contributed by atoms with Crippen LogP contribution in [-0.2, 0) is 16.0 Å². The molecule has 0 spiro atoms. The summed E-state index contributed by atoms with van der Waals surface area (Å²) in [5.74, 6) is 1.42. The molecule has 25 heavy (non-hydrogen) atoms. The van der Waals surface area contributed by atoms with Gasteiger partial charge in [-0.05, 0) is 55.2 Å². The van der Waals surface area contributed by atoms with E-state index >= 15 is 0 Å². The summed E-state index contributed by atoms with van der Waals surface area (Å²) in [5.41, 5.74) is 2.42. The minimum absolute atomic E-state index is 0.342. The Morgan fingerprint density at radius 1 is 1.12 bits per heavy atom. The predicted molar refractivity (Wildman–Crippen MR) is 98.3 cm³/mol. The summed E-state index contributed by atoms with van der Waals surface area (Å²) in [6.07, 6.45) is 6.81. The van der Waals surface area contributed by atoms with Gasteiger partial charge in [0, 0.05) is 44.3 Å². The van der Waals surface area contributed by atoms with Crippen LogP contribution in [0, 0.1) is 11.8 Å². The smallest absolute Gasteiger partial charge is 0.222 e. The average Bonchev–Trinajstić information content (AvgIpc) is 3.12. The number of rotatable bonds is 4. The second-order valence-electron chi connectivity index (χ2n) is 7.45. The second kappa shape index (κ2) is 7.52. The first kappa shape index (κ1) is 16.5. The van der Waals surface area contributed by atoms with Gasteiger partial charge >= 0.3 is 0 Å². The minimum Gasteiger partial charge on any atom is -0.381 e. The van der Waals surface area contributed by atoms with Gasteiger partial charge in [-0.2, -0.15) is 0 Å². The minimum atomic E-state index is 0.342. The van der Waals surface area contributed by atoms with Gasteiger partial charge in [0.25, 0.3) is 0 Å². The first-order valence-electron chi connectivity index (χ1n) is 9.48. The van der Waals surface area contributed by atoms with E-state index in [1.807, 2.05) is 12.3 Å². The van der Waals surface area contributed by atoms with E-state index in [1.165, 1.54) is 10.9 Å². The van der Waals surface area contributed by atoms with Crippen LogP contribution >= 0.6 is 0 Å². The Bertz CT molecular complexity index is 734. The molecule has 2 aliphatic heterocycles. The van der Waals surface area contributed by atoms with Crippen molar-refractivity contribution in [1.82, 2.24) is 9.88 Å². The number of para-hydroxylation sites is 1. The van der Waals surface area contributed by atoms with Crippen LogP contribution in [0.5, 0.6) is 0 Å². The number of fused-ring (bicyclic) bond motifs is 1. The third kappa shape index (κ3) is 3.84. The van der Waals surface area contributed by atoms with Gasteiger partial charge in [-0.25, -0.2) is 0 Å². The van der Waals surface area contributed by atoms with Gasteiger partial charge in [0.2, 0.25) is 5.91 Å². The molecule has 1 atom stereocenters. The van der Waals surface area contributed by atoms with Crippen LogP contribution in [0.15, 0.2) is 36.5 Å². The molecule has 3 heterocycles. The molecular formula is C21H26N2O2. The number of aromatic nitrogens is 1. The highest BCUT2D eigenvalue weighted by molar-refractivity contribution is 5.82. The summed E-state index contributed by atoms with van der Waals surface area (Å²) >= 11 is 0. The van der Waals surface area contributed by atoms with Crippen molar-refractivity contribution in [3.05, 3.63) is 42.1 Å². The van der Waals surface area contributed by atoms with Gasteiger partial charge < -0.3 is 9.64 Å². The van der Waals surface area contributed by atoms with E-state index in [9.17, 15) is 4.79 Å². The number of ether oxygens (including phenoxy) is 1. The van der Waals surface area contributed by atoms with Crippen LogP contribution < -0.4 is 0 Å². The summed E-state index contributed by atoms with van der Waals surface area (Å²) in [5, 5.41) is 1.25. The first-order valence-corrected chi connectivity index (χ1v) is 9.48. The molecule has 2 aromatic rings. The maximum Gasteiger partial charge on any atom is 0.222 e. The van der Waals surface area contributed by atoms with Gasteiger partial charge in [-0.3, -0.25) is 9.78 Å². The summed E-state index contributed by atoms with van der Waals surface area (Å²) in [7, 11) is 0. The number of hydrogen-bond donors (Lipinski definition) is 0.